The van der Waals surface area contributed by atoms with Gasteiger partial charge < -0.3 is 19.3 Å². The van der Waals surface area contributed by atoms with Gasteiger partial charge in [0.1, 0.15) is 18.0 Å². The average molecular weight is 613 g/mol. The molecule has 0 radical (unpaired) electrons. The monoisotopic (exact) mass is 612 g/mol. The number of carbonyl (C=O) groups is 1. The number of aliphatic hydroxyl groups excluding tert-OH is 1. The van der Waals surface area contributed by atoms with E-state index >= 15 is 0 Å². The van der Waals surface area contributed by atoms with Crippen LogP contribution in [0, 0.1) is 0 Å². The summed E-state index contributed by atoms with van der Waals surface area (Å²) in [6, 6.07) is 20.4. The number of aliphatic imine (C=N–C) groups is 1. The molecule has 0 fully saturated rings. The van der Waals surface area contributed by atoms with Crippen molar-refractivity contribution in [1.29, 1.82) is 0 Å². The summed E-state index contributed by atoms with van der Waals surface area (Å²) in [4.78, 5) is 21.6. The number of hydrogen-bond acceptors (Lipinski definition) is 8. The summed E-state index contributed by atoms with van der Waals surface area (Å²) in [6.45, 7) is -1.19. The van der Waals surface area contributed by atoms with E-state index < -0.39 is 30.3 Å². The van der Waals surface area contributed by atoms with Crippen molar-refractivity contribution in [1.82, 2.24) is 10.9 Å². The van der Waals surface area contributed by atoms with Crippen LogP contribution in [0.5, 0.6) is 11.5 Å². The predicted molar refractivity (Wildman–Crippen MR) is 155 cm³/mol. The van der Waals surface area contributed by atoms with Crippen LogP contribution in [0.2, 0.25) is 0 Å². The van der Waals surface area contributed by atoms with Gasteiger partial charge in [-0.2, -0.15) is 13.2 Å². The van der Waals surface area contributed by atoms with Crippen LogP contribution in [-0.2, 0) is 22.5 Å². The summed E-state index contributed by atoms with van der Waals surface area (Å²) in [6.07, 6.45) is -5.35. The lowest BCUT2D eigenvalue weighted by Gasteiger charge is -2.31. The summed E-state index contributed by atoms with van der Waals surface area (Å²) >= 11 is 0. The largest absolute Gasteiger partial charge is 0.497 e. The van der Waals surface area contributed by atoms with Gasteiger partial charge in [0.15, 0.2) is 11.6 Å². The molecule has 0 aromatic heterocycles. The molecular formula is C30H31F3N6O5. The molecule has 3 aromatic rings. The van der Waals surface area contributed by atoms with Crippen LogP contribution >= 0.6 is 0 Å². The first kappa shape index (κ1) is 32.1. The van der Waals surface area contributed by atoms with Crippen LogP contribution in [0.25, 0.3) is 10.4 Å². The second-order valence-corrected chi connectivity index (χ2v) is 9.82. The molecule has 4 rings (SSSR count). The highest BCUT2D eigenvalue weighted by molar-refractivity contribution is 6.01. The Labute approximate surface area is 251 Å². The molecule has 44 heavy (non-hydrogen) atoms. The van der Waals surface area contributed by atoms with E-state index in [1.165, 1.54) is 7.11 Å². The SMILES string of the molecule is COc1cccc([C@@H]2OC(c3ccc(OCCCO)cc3)=N[C@]2(Cc2ccccc2CN=[N+]=[N-])C(=O)NNCC(F)(F)F)c1. The van der Waals surface area contributed by atoms with Gasteiger partial charge in [0.2, 0.25) is 5.90 Å². The number of hydrogen-bond donors (Lipinski definition) is 3. The Morgan fingerprint density at radius 1 is 1.11 bits per heavy atom. The first-order valence-corrected chi connectivity index (χ1v) is 13.6. The number of hydrazine groups is 1. The normalized spacial score (nSPS) is 17.7. The molecule has 14 heteroatoms. The van der Waals surface area contributed by atoms with Gasteiger partial charge in [0.25, 0.3) is 5.91 Å². The van der Waals surface area contributed by atoms with Crippen LogP contribution in [0.4, 0.5) is 13.2 Å². The van der Waals surface area contributed by atoms with Crippen molar-refractivity contribution in [2.24, 2.45) is 10.1 Å². The number of methoxy groups -OCH3 is 1. The lowest BCUT2D eigenvalue weighted by molar-refractivity contribution is -0.136. The molecule has 0 unspecified atom stereocenters. The predicted octanol–water partition coefficient (Wildman–Crippen LogP) is 4.95. The van der Waals surface area contributed by atoms with Crippen molar-refractivity contribution in [3.63, 3.8) is 0 Å². The maximum Gasteiger partial charge on any atom is 0.402 e. The van der Waals surface area contributed by atoms with Gasteiger partial charge in [-0.05, 0) is 58.6 Å². The Balaban J connectivity index is 1.82. The second kappa shape index (κ2) is 14.6. The second-order valence-electron chi connectivity index (χ2n) is 9.82. The molecule has 3 aromatic carbocycles. The van der Waals surface area contributed by atoms with Gasteiger partial charge in [0, 0.05) is 29.9 Å². The number of alkyl halides is 3. The van der Waals surface area contributed by atoms with Crippen LogP contribution in [0.1, 0.15) is 34.8 Å². The Hall–Kier alpha value is -4.78. The minimum atomic E-state index is -4.59. The van der Waals surface area contributed by atoms with Gasteiger partial charge in [-0.1, -0.05) is 41.5 Å². The highest BCUT2D eigenvalue weighted by atomic mass is 19.4. The molecule has 1 aliphatic heterocycles. The van der Waals surface area contributed by atoms with Crippen molar-refractivity contribution in [3.05, 3.63) is 105 Å². The molecule has 0 saturated carbocycles. The van der Waals surface area contributed by atoms with E-state index in [0.717, 1.165) is 0 Å². The Kier molecular flexibility index (Phi) is 10.7. The average Bonchev–Trinajstić information content (AvgIpc) is 3.41. The summed E-state index contributed by atoms with van der Waals surface area (Å²) in [5, 5.41) is 12.7. The third-order valence-electron chi connectivity index (χ3n) is 6.80. The Morgan fingerprint density at radius 2 is 1.86 bits per heavy atom. The van der Waals surface area contributed by atoms with Crippen molar-refractivity contribution >= 4 is 11.8 Å². The highest BCUT2D eigenvalue weighted by Crippen LogP contribution is 2.43. The number of amides is 1. The van der Waals surface area contributed by atoms with Crippen LogP contribution < -0.4 is 20.3 Å². The van der Waals surface area contributed by atoms with Crippen LogP contribution in [0.3, 0.4) is 0 Å². The summed E-state index contributed by atoms with van der Waals surface area (Å²) in [7, 11) is 1.48. The van der Waals surface area contributed by atoms with Crippen molar-refractivity contribution in [2.45, 2.75) is 37.2 Å². The molecule has 0 saturated heterocycles. The van der Waals surface area contributed by atoms with Crippen molar-refractivity contribution in [2.75, 3.05) is 26.9 Å². The molecule has 0 bridgehead atoms. The Morgan fingerprint density at radius 3 is 2.55 bits per heavy atom. The third kappa shape index (κ3) is 7.98. The molecule has 3 N–H and O–H groups in total. The van der Waals surface area contributed by atoms with E-state index in [4.69, 9.17) is 29.8 Å². The van der Waals surface area contributed by atoms with Crippen LogP contribution in [0.15, 0.2) is 82.9 Å². The van der Waals surface area contributed by atoms with Gasteiger partial charge in [-0.15, -0.1) is 0 Å². The van der Waals surface area contributed by atoms with Gasteiger partial charge in [-0.3, -0.25) is 10.2 Å². The molecule has 1 aliphatic rings. The minimum absolute atomic E-state index is 0.0116. The van der Waals surface area contributed by atoms with Crippen molar-refractivity contribution < 1.29 is 37.3 Å². The summed E-state index contributed by atoms with van der Waals surface area (Å²) in [5.41, 5.74) is 13.4. The van der Waals surface area contributed by atoms with E-state index in [0.29, 0.717) is 46.8 Å². The van der Waals surface area contributed by atoms with E-state index in [1.807, 2.05) is 5.43 Å². The highest BCUT2D eigenvalue weighted by Gasteiger charge is 2.54. The zero-order valence-electron chi connectivity index (χ0n) is 23.8. The van der Waals surface area contributed by atoms with E-state index in [2.05, 4.69) is 15.5 Å². The lowest BCUT2D eigenvalue weighted by atomic mass is 9.81. The molecule has 1 heterocycles. The molecule has 232 valence electrons. The molecule has 0 spiro atoms. The molecule has 0 aliphatic carbocycles. The van der Waals surface area contributed by atoms with Gasteiger partial charge in [-0.25, -0.2) is 10.4 Å². The fourth-order valence-electron chi connectivity index (χ4n) is 4.70. The number of benzene rings is 3. The number of azide groups is 1. The minimum Gasteiger partial charge on any atom is -0.497 e. The smallest absolute Gasteiger partial charge is 0.402 e. The summed E-state index contributed by atoms with van der Waals surface area (Å²) < 4.78 is 56.3. The van der Waals surface area contributed by atoms with E-state index in [-0.39, 0.29) is 25.5 Å². The first-order chi connectivity index (χ1) is 21.2. The number of aliphatic hydroxyl groups is 1. The third-order valence-corrected chi connectivity index (χ3v) is 6.80. The quantitative estimate of drug-likeness (QED) is 0.0771. The van der Waals surface area contributed by atoms with Gasteiger partial charge in [0.05, 0.1) is 20.3 Å². The number of rotatable bonds is 14. The fourth-order valence-corrected chi connectivity index (χ4v) is 4.70. The van der Waals surface area contributed by atoms with Crippen molar-refractivity contribution in [3.8, 4) is 11.5 Å². The lowest BCUT2D eigenvalue weighted by Crippen LogP contribution is -2.55. The number of ether oxygens (including phenoxy) is 3. The zero-order valence-corrected chi connectivity index (χ0v) is 23.8. The zero-order chi connectivity index (χ0) is 31.6. The number of nitrogens with zero attached hydrogens (tertiary/aromatic N) is 4. The Bertz CT molecular complexity index is 1510. The molecule has 1 amide bonds. The first-order valence-electron chi connectivity index (χ1n) is 13.6. The van der Waals surface area contributed by atoms with Gasteiger partial charge >= 0.3 is 6.18 Å². The fraction of sp³-hybridized carbons (Fsp3) is 0.333. The number of nitrogens with one attached hydrogen (secondary N) is 2. The summed E-state index contributed by atoms with van der Waals surface area (Å²) in [5.74, 6) is 0.222. The van der Waals surface area contributed by atoms with E-state index in [1.54, 1.807) is 72.8 Å². The maximum atomic E-state index is 14.0. The van der Waals surface area contributed by atoms with Crippen LogP contribution in [-0.4, -0.2) is 55.5 Å². The molecule has 2 atom stereocenters. The molecule has 11 nitrogen and oxygen atoms in total. The number of halogens is 3. The molecular weight excluding hydrogens is 581 g/mol. The topological polar surface area (TPSA) is 150 Å². The standard InChI is InChI=1S/C30H31F3N6O5/c1-42-25-9-4-8-21(16-25)26-29(28(41)38-36-19-30(31,32)33,17-22-6-2-3-7-23(22)18-35-39-34)37-27(44-26)20-10-12-24(13-11-20)43-15-5-14-40/h2-4,6-13,16,26,36,40H,5,14-15,17-19H2,1H3,(H,38,41)/t26-,29-/m0/s1. The van der Waals surface area contributed by atoms with E-state index in [9.17, 15) is 18.0 Å². The maximum absolute atomic E-state index is 14.0. The number of carbonyl (C=O) groups excluding carboxylic acids is 1.